The zero-order valence-electron chi connectivity index (χ0n) is 15.7. The Kier molecular flexibility index (Phi) is 5.95. The van der Waals surface area contributed by atoms with Gasteiger partial charge >= 0.3 is 11.6 Å². The Bertz CT molecular complexity index is 1250. The number of aryl methyl sites for hydroxylation is 1. The van der Waals surface area contributed by atoms with Gasteiger partial charge in [-0.2, -0.15) is 0 Å². The van der Waals surface area contributed by atoms with Gasteiger partial charge in [-0.3, -0.25) is 4.72 Å². The van der Waals surface area contributed by atoms with Crippen LogP contribution in [0, 0.1) is 0 Å². The minimum atomic E-state index is -3.57. The van der Waals surface area contributed by atoms with E-state index < -0.39 is 21.6 Å². The average Bonchev–Trinajstić information content (AvgIpc) is 2.65. The summed E-state index contributed by atoms with van der Waals surface area (Å²) >= 11 is 6.26. The summed E-state index contributed by atoms with van der Waals surface area (Å²) in [5, 5.41) is 1.08. The Hall–Kier alpha value is -2.84. The molecule has 1 aromatic heterocycles. The van der Waals surface area contributed by atoms with Crippen LogP contribution in [-0.2, 0) is 27.8 Å². The molecule has 0 unspecified atom stereocenters. The van der Waals surface area contributed by atoms with Crippen molar-refractivity contribution in [2.75, 3.05) is 11.0 Å². The zero-order chi connectivity index (χ0) is 21.2. The third-order valence-corrected chi connectivity index (χ3v) is 5.12. The summed E-state index contributed by atoms with van der Waals surface area (Å²) in [6.07, 6.45) is 1.65. The fourth-order valence-corrected chi connectivity index (χ4v) is 3.72. The van der Waals surface area contributed by atoms with Gasteiger partial charge in [-0.25, -0.2) is 18.0 Å². The van der Waals surface area contributed by atoms with Crippen molar-refractivity contribution in [3.63, 3.8) is 0 Å². The topological polar surface area (TPSA) is 103 Å². The van der Waals surface area contributed by atoms with E-state index in [-0.39, 0.29) is 17.9 Å². The standard InChI is InChI=1S/C20H18ClNO6S/c1-3-12-8-18-15(10-16(12)21)13(9-19(23)28-18)11-27-20(24)14-6-4-5-7-17(14)22-29(2,25)26/h4-10,22H,3,11H2,1-2H3. The summed E-state index contributed by atoms with van der Waals surface area (Å²) in [6, 6.07) is 10.7. The van der Waals surface area contributed by atoms with Crippen LogP contribution in [-0.4, -0.2) is 20.6 Å². The molecule has 1 N–H and O–H groups in total. The molecule has 0 bridgehead atoms. The third-order valence-electron chi connectivity index (χ3n) is 4.18. The molecule has 0 radical (unpaired) electrons. The number of carbonyl (C=O) groups is 1. The van der Waals surface area contributed by atoms with Crippen molar-refractivity contribution >= 4 is 44.3 Å². The van der Waals surface area contributed by atoms with Crippen LogP contribution in [0.15, 0.2) is 51.7 Å². The monoisotopic (exact) mass is 435 g/mol. The maximum absolute atomic E-state index is 12.5. The molecule has 7 nitrogen and oxygen atoms in total. The van der Waals surface area contributed by atoms with E-state index in [4.69, 9.17) is 20.8 Å². The summed E-state index contributed by atoms with van der Waals surface area (Å²) in [7, 11) is -3.57. The van der Waals surface area contributed by atoms with Gasteiger partial charge in [-0.05, 0) is 36.2 Å². The molecule has 3 aromatic rings. The number of fused-ring (bicyclic) bond motifs is 1. The van der Waals surface area contributed by atoms with Crippen molar-refractivity contribution in [3.05, 3.63) is 74.6 Å². The molecule has 0 saturated carbocycles. The average molecular weight is 436 g/mol. The van der Waals surface area contributed by atoms with E-state index in [2.05, 4.69) is 4.72 Å². The summed E-state index contributed by atoms with van der Waals surface area (Å²) in [5.41, 5.74) is 1.19. The number of para-hydroxylation sites is 1. The summed E-state index contributed by atoms with van der Waals surface area (Å²) in [4.78, 5) is 24.4. The van der Waals surface area contributed by atoms with Gasteiger partial charge < -0.3 is 9.15 Å². The van der Waals surface area contributed by atoms with Crippen molar-refractivity contribution in [1.29, 1.82) is 0 Å². The van der Waals surface area contributed by atoms with Gasteiger partial charge in [-0.1, -0.05) is 30.7 Å². The van der Waals surface area contributed by atoms with Gasteiger partial charge in [0.05, 0.1) is 17.5 Å². The minimum Gasteiger partial charge on any atom is -0.457 e. The minimum absolute atomic E-state index is 0.0523. The lowest BCUT2D eigenvalue weighted by Crippen LogP contribution is -2.15. The Morgan fingerprint density at radius 2 is 1.90 bits per heavy atom. The van der Waals surface area contributed by atoms with Crippen molar-refractivity contribution < 1.29 is 22.4 Å². The fraction of sp³-hybridized carbons (Fsp3) is 0.200. The van der Waals surface area contributed by atoms with Crippen LogP contribution in [0.25, 0.3) is 11.0 Å². The van der Waals surface area contributed by atoms with Crippen molar-refractivity contribution in [2.24, 2.45) is 0 Å². The van der Waals surface area contributed by atoms with Gasteiger partial charge in [0.25, 0.3) is 0 Å². The molecule has 0 atom stereocenters. The lowest BCUT2D eigenvalue weighted by molar-refractivity contribution is 0.0475. The van der Waals surface area contributed by atoms with Crippen LogP contribution in [0.4, 0.5) is 5.69 Å². The molecule has 0 amide bonds. The lowest BCUT2D eigenvalue weighted by atomic mass is 10.1. The first kappa shape index (κ1) is 20.9. The number of hydrogen-bond donors (Lipinski definition) is 1. The molecule has 0 aliphatic carbocycles. The molecule has 9 heteroatoms. The number of esters is 1. The lowest BCUT2D eigenvalue weighted by Gasteiger charge is -2.12. The number of sulfonamides is 1. The summed E-state index contributed by atoms with van der Waals surface area (Å²) < 4.78 is 35.8. The fourth-order valence-electron chi connectivity index (χ4n) is 2.85. The highest BCUT2D eigenvalue weighted by Gasteiger charge is 2.17. The molecule has 0 aliphatic rings. The van der Waals surface area contributed by atoms with Crippen LogP contribution >= 0.6 is 11.6 Å². The van der Waals surface area contributed by atoms with Gasteiger partial charge in [0.2, 0.25) is 10.0 Å². The van der Waals surface area contributed by atoms with E-state index in [1.165, 1.54) is 18.2 Å². The highest BCUT2D eigenvalue weighted by molar-refractivity contribution is 7.92. The van der Waals surface area contributed by atoms with Crippen LogP contribution < -0.4 is 10.3 Å². The van der Waals surface area contributed by atoms with E-state index in [0.717, 1.165) is 11.8 Å². The molecule has 0 saturated heterocycles. The summed E-state index contributed by atoms with van der Waals surface area (Å²) in [5.74, 6) is -0.741. The van der Waals surface area contributed by atoms with E-state index in [9.17, 15) is 18.0 Å². The molecule has 2 aromatic carbocycles. The number of carbonyl (C=O) groups excluding carboxylic acids is 1. The predicted octanol–water partition coefficient (Wildman–Crippen LogP) is 3.74. The van der Waals surface area contributed by atoms with Crippen LogP contribution in [0.3, 0.4) is 0 Å². The normalized spacial score (nSPS) is 11.4. The van der Waals surface area contributed by atoms with Crippen LogP contribution in [0.2, 0.25) is 5.02 Å². The molecule has 3 rings (SSSR count). The highest BCUT2D eigenvalue weighted by Crippen LogP contribution is 2.27. The first-order valence-corrected chi connectivity index (χ1v) is 10.9. The van der Waals surface area contributed by atoms with Gasteiger partial charge in [0, 0.05) is 22.0 Å². The smallest absolute Gasteiger partial charge is 0.340 e. The Labute approximate surface area is 172 Å². The number of anilines is 1. The highest BCUT2D eigenvalue weighted by atomic mass is 35.5. The number of halogens is 1. The molecule has 1 heterocycles. The molecule has 0 aliphatic heterocycles. The first-order valence-electron chi connectivity index (χ1n) is 8.67. The van der Waals surface area contributed by atoms with E-state index in [1.807, 2.05) is 6.92 Å². The number of nitrogens with one attached hydrogen (secondary N) is 1. The van der Waals surface area contributed by atoms with E-state index in [1.54, 1.807) is 24.3 Å². The number of ether oxygens (including phenoxy) is 1. The predicted molar refractivity (Wildman–Crippen MR) is 111 cm³/mol. The molecule has 0 fully saturated rings. The quantitative estimate of drug-likeness (QED) is 0.467. The summed E-state index contributed by atoms with van der Waals surface area (Å²) in [6.45, 7) is 1.72. The van der Waals surface area contributed by atoms with Crippen molar-refractivity contribution in [2.45, 2.75) is 20.0 Å². The largest absolute Gasteiger partial charge is 0.457 e. The first-order chi connectivity index (χ1) is 13.7. The second-order valence-corrected chi connectivity index (χ2v) is 8.54. The van der Waals surface area contributed by atoms with Gasteiger partial charge in [-0.15, -0.1) is 0 Å². The molecule has 152 valence electrons. The maximum Gasteiger partial charge on any atom is 0.340 e. The molecular formula is C20H18ClNO6S. The Morgan fingerprint density at radius 3 is 2.59 bits per heavy atom. The van der Waals surface area contributed by atoms with Crippen molar-refractivity contribution in [3.8, 4) is 0 Å². The van der Waals surface area contributed by atoms with Crippen LogP contribution in [0.5, 0.6) is 0 Å². The van der Waals surface area contributed by atoms with E-state index >= 15 is 0 Å². The Morgan fingerprint density at radius 1 is 1.17 bits per heavy atom. The van der Waals surface area contributed by atoms with Gasteiger partial charge in [0.1, 0.15) is 12.2 Å². The number of hydrogen-bond acceptors (Lipinski definition) is 6. The van der Waals surface area contributed by atoms with E-state index in [0.29, 0.717) is 28.0 Å². The second kappa shape index (κ2) is 8.26. The number of benzene rings is 2. The second-order valence-electron chi connectivity index (χ2n) is 6.38. The maximum atomic E-state index is 12.5. The van der Waals surface area contributed by atoms with Crippen LogP contribution in [0.1, 0.15) is 28.4 Å². The SMILES string of the molecule is CCc1cc2oc(=O)cc(COC(=O)c3ccccc3NS(C)(=O)=O)c2cc1Cl. The number of rotatable bonds is 6. The van der Waals surface area contributed by atoms with Crippen molar-refractivity contribution in [1.82, 2.24) is 0 Å². The Balaban J connectivity index is 1.91. The molecule has 29 heavy (non-hydrogen) atoms. The zero-order valence-corrected chi connectivity index (χ0v) is 17.3. The third kappa shape index (κ3) is 4.96. The molecular weight excluding hydrogens is 418 g/mol. The van der Waals surface area contributed by atoms with Gasteiger partial charge in [0.15, 0.2) is 0 Å². The molecule has 0 spiro atoms.